The average molecular weight is 253 g/mol. The van der Waals surface area contributed by atoms with E-state index in [1.165, 1.54) is 12.1 Å². The molecule has 0 saturated carbocycles. The van der Waals surface area contributed by atoms with Gasteiger partial charge < -0.3 is 10.4 Å². The Morgan fingerprint density at radius 1 is 1.28 bits per heavy atom. The fourth-order valence-electron chi connectivity index (χ4n) is 1.55. The number of carboxylic acids is 1. The third-order valence-corrected chi connectivity index (χ3v) is 2.54. The van der Waals surface area contributed by atoms with Gasteiger partial charge in [0, 0.05) is 12.8 Å². The largest absolute Gasteiger partial charge is 0.481 e. The molecule has 0 aliphatic carbocycles. The summed E-state index contributed by atoms with van der Waals surface area (Å²) in [5, 5.41) is 11.2. The summed E-state index contributed by atoms with van der Waals surface area (Å²) in [6, 6.07) is 5.67. The minimum absolute atomic E-state index is 0.0155. The molecular weight excluding hydrogens is 237 g/mol. The van der Waals surface area contributed by atoms with Crippen LogP contribution in [0.4, 0.5) is 4.39 Å². The SMILES string of the molecule is CC(NC(=O)CCCC(=O)O)c1ccc(F)cc1. The van der Waals surface area contributed by atoms with E-state index in [-0.39, 0.29) is 30.6 Å². The molecule has 0 aromatic heterocycles. The van der Waals surface area contributed by atoms with Gasteiger partial charge in [-0.05, 0) is 31.0 Å². The van der Waals surface area contributed by atoms with E-state index in [2.05, 4.69) is 5.32 Å². The van der Waals surface area contributed by atoms with Crippen LogP contribution < -0.4 is 5.32 Å². The first kappa shape index (κ1) is 14.2. The number of aliphatic carboxylic acids is 1. The van der Waals surface area contributed by atoms with Crippen molar-refractivity contribution in [2.45, 2.75) is 32.2 Å². The van der Waals surface area contributed by atoms with Gasteiger partial charge in [-0.1, -0.05) is 12.1 Å². The van der Waals surface area contributed by atoms with Crippen LogP contribution in [-0.2, 0) is 9.59 Å². The second-order valence-corrected chi connectivity index (χ2v) is 4.09. The van der Waals surface area contributed by atoms with Gasteiger partial charge in [-0.3, -0.25) is 9.59 Å². The lowest BCUT2D eigenvalue weighted by atomic mass is 10.1. The quantitative estimate of drug-likeness (QED) is 0.817. The average Bonchev–Trinajstić information content (AvgIpc) is 2.29. The highest BCUT2D eigenvalue weighted by Crippen LogP contribution is 2.13. The Balaban J connectivity index is 2.39. The Morgan fingerprint density at radius 2 is 1.89 bits per heavy atom. The van der Waals surface area contributed by atoms with Crippen molar-refractivity contribution in [3.63, 3.8) is 0 Å². The monoisotopic (exact) mass is 253 g/mol. The molecule has 1 rings (SSSR count). The molecule has 1 aromatic carbocycles. The van der Waals surface area contributed by atoms with E-state index in [1.54, 1.807) is 19.1 Å². The van der Waals surface area contributed by atoms with E-state index in [0.29, 0.717) is 6.42 Å². The van der Waals surface area contributed by atoms with Gasteiger partial charge in [-0.25, -0.2) is 4.39 Å². The third kappa shape index (κ3) is 4.95. The van der Waals surface area contributed by atoms with Gasteiger partial charge in [0.2, 0.25) is 5.91 Å². The van der Waals surface area contributed by atoms with Crippen LogP contribution in [0, 0.1) is 5.82 Å². The summed E-state index contributed by atoms with van der Waals surface area (Å²) in [5.74, 6) is -1.43. The van der Waals surface area contributed by atoms with Gasteiger partial charge in [-0.15, -0.1) is 0 Å². The first-order chi connectivity index (χ1) is 8.49. The Labute approximate surface area is 105 Å². The molecule has 1 aromatic rings. The van der Waals surface area contributed by atoms with Crippen molar-refractivity contribution in [2.24, 2.45) is 0 Å². The summed E-state index contributed by atoms with van der Waals surface area (Å²) in [5.41, 5.74) is 0.808. The van der Waals surface area contributed by atoms with Gasteiger partial charge in [0.05, 0.1) is 6.04 Å². The highest BCUT2D eigenvalue weighted by molar-refractivity contribution is 5.77. The highest BCUT2D eigenvalue weighted by Gasteiger charge is 2.10. The molecule has 1 amide bonds. The van der Waals surface area contributed by atoms with Crippen LogP contribution in [0.1, 0.15) is 37.8 Å². The van der Waals surface area contributed by atoms with Crippen LogP contribution in [0.5, 0.6) is 0 Å². The molecule has 5 heteroatoms. The molecule has 1 atom stereocenters. The lowest BCUT2D eigenvalue weighted by molar-refractivity contribution is -0.137. The maximum Gasteiger partial charge on any atom is 0.303 e. The van der Waals surface area contributed by atoms with Crippen LogP contribution in [0.15, 0.2) is 24.3 Å². The van der Waals surface area contributed by atoms with E-state index in [1.807, 2.05) is 0 Å². The number of halogens is 1. The molecule has 98 valence electrons. The number of rotatable bonds is 6. The normalized spacial score (nSPS) is 11.9. The number of amides is 1. The molecule has 0 bridgehead atoms. The molecule has 0 radical (unpaired) electrons. The minimum atomic E-state index is -0.908. The highest BCUT2D eigenvalue weighted by atomic mass is 19.1. The molecule has 0 spiro atoms. The van der Waals surface area contributed by atoms with Crippen molar-refractivity contribution in [1.29, 1.82) is 0 Å². The topological polar surface area (TPSA) is 66.4 Å². The summed E-state index contributed by atoms with van der Waals surface area (Å²) in [6.45, 7) is 1.79. The van der Waals surface area contributed by atoms with Crippen molar-refractivity contribution in [1.82, 2.24) is 5.32 Å². The molecule has 0 fully saturated rings. The number of carbonyl (C=O) groups excluding carboxylic acids is 1. The Bertz CT molecular complexity index is 417. The number of benzene rings is 1. The fourth-order valence-corrected chi connectivity index (χ4v) is 1.55. The van der Waals surface area contributed by atoms with Crippen molar-refractivity contribution in [3.8, 4) is 0 Å². The lowest BCUT2D eigenvalue weighted by Crippen LogP contribution is -2.26. The number of carbonyl (C=O) groups is 2. The van der Waals surface area contributed by atoms with Crippen molar-refractivity contribution >= 4 is 11.9 Å². The number of carboxylic acid groups (broad SMARTS) is 1. The summed E-state index contributed by atoms with van der Waals surface area (Å²) in [6.07, 6.45) is 0.480. The first-order valence-electron chi connectivity index (χ1n) is 5.75. The molecule has 0 saturated heterocycles. The fraction of sp³-hybridized carbons (Fsp3) is 0.385. The van der Waals surface area contributed by atoms with E-state index >= 15 is 0 Å². The van der Waals surface area contributed by atoms with Gasteiger partial charge in [0.25, 0.3) is 0 Å². The van der Waals surface area contributed by atoms with Crippen LogP contribution >= 0.6 is 0 Å². The van der Waals surface area contributed by atoms with E-state index in [4.69, 9.17) is 5.11 Å². The standard InChI is InChI=1S/C13H16FNO3/c1-9(10-5-7-11(14)8-6-10)15-12(16)3-2-4-13(17)18/h5-9H,2-4H2,1H3,(H,15,16)(H,17,18). The van der Waals surface area contributed by atoms with Crippen LogP contribution in [0.3, 0.4) is 0 Å². The van der Waals surface area contributed by atoms with Crippen molar-refractivity contribution in [2.75, 3.05) is 0 Å². The second kappa shape index (κ2) is 6.74. The van der Waals surface area contributed by atoms with Crippen LogP contribution in [0.2, 0.25) is 0 Å². The molecule has 18 heavy (non-hydrogen) atoms. The van der Waals surface area contributed by atoms with E-state index in [9.17, 15) is 14.0 Å². The molecule has 0 aliphatic rings. The minimum Gasteiger partial charge on any atom is -0.481 e. The number of hydrogen-bond donors (Lipinski definition) is 2. The van der Waals surface area contributed by atoms with E-state index < -0.39 is 5.97 Å². The summed E-state index contributed by atoms with van der Waals surface area (Å²) < 4.78 is 12.7. The van der Waals surface area contributed by atoms with Gasteiger partial charge in [-0.2, -0.15) is 0 Å². The zero-order valence-corrected chi connectivity index (χ0v) is 10.1. The number of hydrogen-bond acceptors (Lipinski definition) is 2. The van der Waals surface area contributed by atoms with Gasteiger partial charge in [0.15, 0.2) is 0 Å². The predicted octanol–water partition coefficient (Wildman–Crippen LogP) is 2.26. The third-order valence-electron chi connectivity index (χ3n) is 2.54. The molecular formula is C13H16FNO3. The summed E-state index contributed by atoms with van der Waals surface area (Å²) in [7, 11) is 0. The molecule has 4 nitrogen and oxygen atoms in total. The van der Waals surface area contributed by atoms with E-state index in [0.717, 1.165) is 5.56 Å². The maximum absolute atomic E-state index is 12.7. The Hall–Kier alpha value is -1.91. The van der Waals surface area contributed by atoms with Crippen molar-refractivity contribution < 1.29 is 19.1 Å². The Kier molecular flexibility index (Phi) is 5.30. The van der Waals surface area contributed by atoms with Gasteiger partial charge >= 0.3 is 5.97 Å². The predicted molar refractivity (Wildman–Crippen MR) is 64.4 cm³/mol. The summed E-state index contributed by atoms with van der Waals surface area (Å²) in [4.78, 5) is 21.8. The molecule has 0 aliphatic heterocycles. The maximum atomic E-state index is 12.7. The van der Waals surface area contributed by atoms with Gasteiger partial charge in [0.1, 0.15) is 5.82 Å². The lowest BCUT2D eigenvalue weighted by Gasteiger charge is -2.14. The second-order valence-electron chi connectivity index (χ2n) is 4.09. The number of nitrogens with one attached hydrogen (secondary N) is 1. The zero-order chi connectivity index (χ0) is 13.5. The first-order valence-corrected chi connectivity index (χ1v) is 5.75. The Morgan fingerprint density at radius 3 is 2.44 bits per heavy atom. The van der Waals surface area contributed by atoms with Crippen LogP contribution in [-0.4, -0.2) is 17.0 Å². The smallest absolute Gasteiger partial charge is 0.303 e. The molecule has 1 unspecified atom stereocenters. The summed E-state index contributed by atoms with van der Waals surface area (Å²) >= 11 is 0. The molecule has 2 N–H and O–H groups in total. The van der Waals surface area contributed by atoms with Crippen molar-refractivity contribution in [3.05, 3.63) is 35.6 Å². The molecule has 0 heterocycles. The van der Waals surface area contributed by atoms with Crippen LogP contribution in [0.25, 0.3) is 0 Å². The zero-order valence-electron chi connectivity index (χ0n) is 10.1.